The standard InChI is InChI=1S/C21H22N4OS/c1-13-12-15(14(2)23-13)20-19(16-8-6-7-11-22-16)24-21(27)25(20)17-9-4-5-10-18(17)26-3/h4-12,19-20,23H,1-3H3,(H,24,27). The molecule has 1 saturated heterocycles. The number of aryl methyl sites for hydroxylation is 2. The Morgan fingerprint density at radius 2 is 1.89 bits per heavy atom. The fourth-order valence-electron chi connectivity index (χ4n) is 3.81. The lowest BCUT2D eigenvalue weighted by Gasteiger charge is -2.29. The van der Waals surface area contributed by atoms with Gasteiger partial charge in [-0.05, 0) is 62.0 Å². The van der Waals surface area contributed by atoms with Crippen molar-refractivity contribution in [2.45, 2.75) is 25.9 Å². The first kappa shape index (κ1) is 17.5. The normalized spacial score (nSPS) is 19.2. The van der Waals surface area contributed by atoms with E-state index in [1.807, 2.05) is 48.7 Å². The molecule has 27 heavy (non-hydrogen) atoms. The molecule has 0 radical (unpaired) electrons. The first-order valence-electron chi connectivity index (χ1n) is 8.90. The Morgan fingerprint density at radius 1 is 1.11 bits per heavy atom. The molecule has 0 amide bonds. The molecule has 0 saturated carbocycles. The van der Waals surface area contributed by atoms with Gasteiger partial charge in [-0.1, -0.05) is 18.2 Å². The van der Waals surface area contributed by atoms with Crippen molar-refractivity contribution < 1.29 is 4.74 Å². The van der Waals surface area contributed by atoms with Gasteiger partial charge in [0.05, 0.1) is 30.6 Å². The number of thiocarbonyl (C=S) groups is 1. The minimum atomic E-state index is -0.0579. The van der Waals surface area contributed by atoms with Gasteiger partial charge < -0.3 is 19.9 Å². The van der Waals surface area contributed by atoms with Crippen LogP contribution in [0.15, 0.2) is 54.7 Å². The van der Waals surface area contributed by atoms with Crippen LogP contribution in [0.1, 0.15) is 34.7 Å². The second kappa shape index (κ2) is 7.04. The largest absolute Gasteiger partial charge is 0.495 e. The number of rotatable bonds is 4. The fourth-order valence-corrected chi connectivity index (χ4v) is 4.15. The Kier molecular flexibility index (Phi) is 4.58. The lowest BCUT2D eigenvalue weighted by atomic mass is 9.96. The molecule has 3 heterocycles. The van der Waals surface area contributed by atoms with Crippen LogP contribution in [0, 0.1) is 13.8 Å². The molecule has 138 valence electrons. The third kappa shape index (κ3) is 3.06. The second-order valence-electron chi connectivity index (χ2n) is 6.70. The van der Waals surface area contributed by atoms with Crippen molar-refractivity contribution in [2.24, 2.45) is 0 Å². The summed E-state index contributed by atoms with van der Waals surface area (Å²) in [6.45, 7) is 4.17. The predicted octanol–water partition coefficient (Wildman–Crippen LogP) is 4.21. The molecule has 3 aromatic rings. The number of nitrogens with zero attached hydrogens (tertiary/aromatic N) is 2. The zero-order valence-electron chi connectivity index (χ0n) is 15.6. The van der Waals surface area contributed by atoms with Gasteiger partial charge in [-0.2, -0.15) is 0 Å². The number of hydrogen-bond acceptors (Lipinski definition) is 3. The number of pyridine rings is 1. The minimum Gasteiger partial charge on any atom is -0.495 e. The van der Waals surface area contributed by atoms with Gasteiger partial charge >= 0.3 is 0 Å². The van der Waals surface area contributed by atoms with Crippen LogP contribution in [0.5, 0.6) is 5.75 Å². The van der Waals surface area contributed by atoms with Gasteiger partial charge in [-0.15, -0.1) is 0 Å². The number of ether oxygens (including phenoxy) is 1. The van der Waals surface area contributed by atoms with E-state index in [-0.39, 0.29) is 12.1 Å². The molecule has 1 aliphatic rings. The van der Waals surface area contributed by atoms with Crippen molar-refractivity contribution >= 4 is 23.0 Å². The van der Waals surface area contributed by atoms with E-state index in [1.165, 1.54) is 5.56 Å². The number of para-hydroxylation sites is 2. The number of hydrogen-bond donors (Lipinski definition) is 2. The Hall–Kier alpha value is -2.86. The Labute approximate surface area is 164 Å². The fraction of sp³-hybridized carbons (Fsp3) is 0.238. The maximum Gasteiger partial charge on any atom is 0.174 e. The maximum absolute atomic E-state index is 5.76. The van der Waals surface area contributed by atoms with E-state index in [4.69, 9.17) is 17.0 Å². The number of benzene rings is 1. The summed E-state index contributed by atoms with van der Waals surface area (Å²) in [4.78, 5) is 10.2. The van der Waals surface area contributed by atoms with E-state index in [1.54, 1.807) is 7.11 Å². The average molecular weight is 379 g/mol. The van der Waals surface area contributed by atoms with E-state index >= 15 is 0 Å². The third-order valence-corrected chi connectivity index (χ3v) is 5.27. The van der Waals surface area contributed by atoms with Gasteiger partial charge in [0.15, 0.2) is 5.11 Å². The quantitative estimate of drug-likeness (QED) is 0.666. The molecule has 4 rings (SSSR count). The number of nitrogens with one attached hydrogen (secondary N) is 2. The van der Waals surface area contributed by atoms with E-state index in [2.05, 4.69) is 40.1 Å². The lowest BCUT2D eigenvalue weighted by molar-refractivity contribution is 0.414. The van der Waals surface area contributed by atoms with Crippen molar-refractivity contribution in [3.63, 3.8) is 0 Å². The number of aromatic amines is 1. The van der Waals surface area contributed by atoms with Crippen LogP contribution in [0.3, 0.4) is 0 Å². The number of H-pyrrole nitrogens is 1. The molecule has 2 N–H and O–H groups in total. The molecule has 5 nitrogen and oxygen atoms in total. The summed E-state index contributed by atoms with van der Waals surface area (Å²) in [7, 11) is 1.68. The van der Waals surface area contributed by atoms with Gasteiger partial charge in [0.25, 0.3) is 0 Å². The number of methoxy groups -OCH3 is 1. The van der Waals surface area contributed by atoms with Crippen molar-refractivity contribution in [2.75, 3.05) is 12.0 Å². The molecule has 0 aliphatic carbocycles. The minimum absolute atomic E-state index is 0.0337. The number of anilines is 1. The highest BCUT2D eigenvalue weighted by Crippen LogP contribution is 2.45. The van der Waals surface area contributed by atoms with E-state index in [0.717, 1.165) is 28.5 Å². The monoisotopic (exact) mass is 378 g/mol. The Bertz CT molecular complexity index is 969. The molecule has 1 aromatic carbocycles. The first-order chi connectivity index (χ1) is 13.1. The Morgan fingerprint density at radius 3 is 2.56 bits per heavy atom. The topological polar surface area (TPSA) is 53.2 Å². The van der Waals surface area contributed by atoms with Gasteiger partial charge in [-0.25, -0.2) is 0 Å². The molecule has 1 fully saturated rings. The average Bonchev–Trinajstić information content (AvgIpc) is 3.20. The molecule has 6 heteroatoms. The van der Waals surface area contributed by atoms with E-state index in [0.29, 0.717) is 5.11 Å². The van der Waals surface area contributed by atoms with Crippen molar-refractivity contribution in [3.8, 4) is 5.75 Å². The highest BCUT2D eigenvalue weighted by atomic mass is 32.1. The Balaban J connectivity index is 1.89. The molecule has 2 atom stereocenters. The molecular weight excluding hydrogens is 356 g/mol. The van der Waals surface area contributed by atoms with Crippen LogP contribution in [0.4, 0.5) is 5.69 Å². The third-order valence-electron chi connectivity index (χ3n) is 4.95. The van der Waals surface area contributed by atoms with Crippen LogP contribution >= 0.6 is 12.2 Å². The highest BCUT2D eigenvalue weighted by molar-refractivity contribution is 7.80. The summed E-state index contributed by atoms with van der Waals surface area (Å²) in [5.74, 6) is 0.790. The summed E-state index contributed by atoms with van der Waals surface area (Å²) in [6, 6.07) is 16.0. The van der Waals surface area contributed by atoms with E-state index < -0.39 is 0 Å². The van der Waals surface area contributed by atoms with Crippen LogP contribution in [0.2, 0.25) is 0 Å². The maximum atomic E-state index is 5.76. The molecule has 2 aromatic heterocycles. The van der Waals surface area contributed by atoms with Crippen LogP contribution < -0.4 is 15.0 Å². The van der Waals surface area contributed by atoms with Gasteiger partial charge in [0.1, 0.15) is 5.75 Å². The van der Waals surface area contributed by atoms with Crippen LogP contribution in [-0.4, -0.2) is 22.2 Å². The number of aromatic nitrogens is 2. The molecular formula is C21H22N4OS. The highest BCUT2D eigenvalue weighted by Gasteiger charge is 2.42. The molecule has 2 unspecified atom stereocenters. The molecule has 0 bridgehead atoms. The summed E-state index contributed by atoms with van der Waals surface area (Å²) in [5, 5.41) is 4.15. The second-order valence-corrected chi connectivity index (χ2v) is 7.09. The van der Waals surface area contributed by atoms with Gasteiger partial charge in [0.2, 0.25) is 0 Å². The smallest absolute Gasteiger partial charge is 0.174 e. The lowest BCUT2D eigenvalue weighted by Crippen LogP contribution is -2.29. The van der Waals surface area contributed by atoms with Crippen molar-refractivity contribution in [1.82, 2.24) is 15.3 Å². The van der Waals surface area contributed by atoms with Crippen molar-refractivity contribution in [3.05, 3.63) is 77.4 Å². The first-order valence-corrected chi connectivity index (χ1v) is 9.30. The predicted molar refractivity (Wildman–Crippen MR) is 111 cm³/mol. The van der Waals surface area contributed by atoms with Gasteiger partial charge in [0, 0.05) is 17.6 Å². The summed E-state index contributed by atoms with van der Waals surface area (Å²) in [6.07, 6.45) is 1.82. The zero-order valence-corrected chi connectivity index (χ0v) is 16.4. The van der Waals surface area contributed by atoms with Crippen molar-refractivity contribution in [1.29, 1.82) is 0 Å². The summed E-state index contributed by atoms with van der Waals surface area (Å²) in [5.41, 5.74) is 5.35. The van der Waals surface area contributed by atoms with Crippen LogP contribution in [-0.2, 0) is 0 Å². The van der Waals surface area contributed by atoms with Gasteiger partial charge in [-0.3, -0.25) is 4.98 Å². The van der Waals surface area contributed by atoms with Crippen LogP contribution in [0.25, 0.3) is 0 Å². The molecule has 0 spiro atoms. The molecule has 1 aliphatic heterocycles. The SMILES string of the molecule is COc1ccccc1N1C(=S)NC(c2ccccn2)C1c1cc(C)[nH]c1C. The summed E-state index contributed by atoms with van der Waals surface area (Å²) >= 11 is 5.76. The zero-order chi connectivity index (χ0) is 19.0. The summed E-state index contributed by atoms with van der Waals surface area (Å²) < 4.78 is 5.61. The van der Waals surface area contributed by atoms with E-state index in [9.17, 15) is 0 Å².